The first kappa shape index (κ1) is 20.6. The normalized spacial score (nSPS) is 12.2. The van der Waals surface area contributed by atoms with Gasteiger partial charge in [-0.1, -0.05) is 38.0 Å². The number of hydrogen-bond acceptors (Lipinski definition) is 5. The monoisotopic (exact) mass is 356 g/mol. The summed E-state index contributed by atoms with van der Waals surface area (Å²) in [7, 11) is -2.29. The van der Waals surface area contributed by atoms with Crippen molar-refractivity contribution in [1.29, 1.82) is 0 Å². The van der Waals surface area contributed by atoms with Crippen molar-refractivity contribution in [3.05, 3.63) is 29.8 Å². The maximum Gasteiger partial charge on any atom is 0.305 e. The van der Waals surface area contributed by atoms with Crippen LogP contribution in [0.5, 0.6) is 0 Å². The highest BCUT2D eigenvalue weighted by Crippen LogP contribution is 2.29. The van der Waals surface area contributed by atoms with E-state index in [1.54, 1.807) is 24.3 Å². The van der Waals surface area contributed by atoms with E-state index in [9.17, 15) is 13.2 Å². The molecule has 136 valence electrons. The summed E-state index contributed by atoms with van der Waals surface area (Å²) in [6.45, 7) is 6.27. The molecule has 5 nitrogen and oxygen atoms in total. The van der Waals surface area contributed by atoms with Gasteiger partial charge in [0.2, 0.25) is 0 Å². The summed E-state index contributed by atoms with van der Waals surface area (Å²) in [6, 6.07) is 6.61. The van der Waals surface area contributed by atoms with Gasteiger partial charge in [-0.3, -0.25) is 8.98 Å². The first-order valence-corrected chi connectivity index (χ1v) is 9.60. The molecule has 1 rings (SSSR count). The largest absolute Gasteiger partial charge is 0.469 e. The number of ether oxygens (including phenoxy) is 1. The van der Waals surface area contributed by atoms with E-state index in [-0.39, 0.29) is 22.9 Å². The topological polar surface area (TPSA) is 69.7 Å². The molecule has 0 radical (unpaired) electrons. The Kier molecular flexibility index (Phi) is 7.90. The van der Waals surface area contributed by atoms with Gasteiger partial charge >= 0.3 is 5.97 Å². The molecule has 0 atom stereocenters. The van der Waals surface area contributed by atoms with E-state index in [4.69, 9.17) is 4.18 Å². The van der Waals surface area contributed by atoms with Gasteiger partial charge in [0.1, 0.15) is 0 Å². The molecule has 0 saturated carbocycles. The molecule has 1 aromatic carbocycles. The number of carbonyl (C=O) groups is 1. The second-order valence-electron chi connectivity index (χ2n) is 6.79. The van der Waals surface area contributed by atoms with Gasteiger partial charge in [0.15, 0.2) is 0 Å². The molecule has 0 aliphatic heterocycles. The molecule has 0 amide bonds. The first-order valence-electron chi connectivity index (χ1n) is 8.19. The Morgan fingerprint density at radius 1 is 1.08 bits per heavy atom. The molecule has 0 aliphatic rings. The SMILES string of the molecule is COC(=O)CCC(C)(C)CCCCOS(=O)(=O)c1ccc(C)cc1. The minimum Gasteiger partial charge on any atom is -0.469 e. The molecular weight excluding hydrogens is 328 g/mol. The summed E-state index contributed by atoms with van der Waals surface area (Å²) >= 11 is 0. The minimum atomic E-state index is -3.68. The summed E-state index contributed by atoms with van der Waals surface area (Å²) in [5, 5.41) is 0. The van der Waals surface area contributed by atoms with Crippen LogP contribution in [0.3, 0.4) is 0 Å². The second-order valence-corrected chi connectivity index (χ2v) is 8.40. The maximum atomic E-state index is 12.0. The lowest BCUT2D eigenvalue weighted by atomic mass is 9.83. The zero-order valence-corrected chi connectivity index (χ0v) is 15.8. The Morgan fingerprint density at radius 2 is 1.71 bits per heavy atom. The number of aryl methyl sites for hydroxylation is 1. The number of unbranched alkanes of at least 4 members (excludes halogenated alkanes) is 1. The smallest absolute Gasteiger partial charge is 0.305 e. The number of carbonyl (C=O) groups excluding carboxylic acids is 1. The molecule has 0 N–H and O–H groups in total. The van der Waals surface area contributed by atoms with Gasteiger partial charge in [-0.25, -0.2) is 0 Å². The van der Waals surface area contributed by atoms with Crippen molar-refractivity contribution in [3.63, 3.8) is 0 Å². The lowest BCUT2D eigenvalue weighted by Crippen LogP contribution is -2.15. The highest BCUT2D eigenvalue weighted by atomic mass is 32.2. The average Bonchev–Trinajstić information content (AvgIpc) is 2.52. The summed E-state index contributed by atoms with van der Waals surface area (Å²) < 4.78 is 33.8. The molecule has 1 aromatic rings. The summed E-state index contributed by atoms with van der Waals surface area (Å²) in [4.78, 5) is 11.4. The fourth-order valence-electron chi connectivity index (χ4n) is 2.31. The second kappa shape index (κ2) is 9.18. The van der Waals surface area contributed by atoms with Crippen molar-refractivity contribution >= 4 is 16.1 Å². The Bertz CT molecular complexity index is 617. The molecule has 0 saturated heterocycles. The Labute approximate surface area is 145 Å². The van der Waals surface area contributed by atoms with Gasteiger partial charge in [-0.05, 0) is 43.7 Å². The van der Waals surface area contributed by atoms with E-state index < -0.39 is 10.1 Å². The predicted molar refractivity (Wildman–Crippen MR) is 93.2 cm³/mol. The van der Waals surface area contributed by atoms with Crippen molar-refractivity contribution in [2.24, 2.45) is 5.41 Å². The average molecular weight is 356 g/mol. The number of esters is 1. The zero-order chi connectivity index (χ0) is 18.2. The summed E-state index contributed by atoms with van der Waals surface area (Å²) in [5.41, 5.74) is 1.02. The third-order valence-electron chi connectivity index (χ3n) is 4.03. The van der Waals surface area contributed by atoms with Crippen molar-refractivity contribution < 1.29 is 22.1 Å². The van der Waals surface area contributed by atoms with Gasteiger partial charge in [0.25, 0.3) is 10.1 Å². The quantitative estimate of drug-likeness (QED) is 0.362. The van der Waals surface area contributed by atoms with E-state index in [1.165, 1.54) is 7.11 Å². The van der Waals surface area contributed by atoms with Gasteiger partial charge in [0.05, 0.1) is 18.6 Å². The third kappa shape index (κ3) is 7.45. The van der Waals surface area contributed by atoms with Crippen molar-refractivity contribution in [3.8, 4) is 0 Å². The van der Waals surface area contributed by atoms with Gasteiger partial charge in [-0.2, -0.15) is 8.42 Å². The van der Waals surface area contributed by atoms with Crippen LogP contribution in [0, 0.1) is 12.3 Å². The molecular formula is C18H28O5S. The van der Waals surface area contributed by atoms with Crippen LogP contribution in [-0.4, -0.2) is 28.1 Å². The van der Waals surface area contributed by atoms with Crippen LogP contribution < -0.4 is 0 Å². The Balaban J connectivity index is 2.32. The Morgan fingerprint density at radius 3 is 2.29 bits per heavy atom. The minimum absolute atomic E-state index is 0.0179. The van der Waals surface area contributed by atoms with Gasteiger partial charge < -0.3 is 4.74 Å². The van der Waals surface area contributed by atoms with E-state index in [0.717, 1.165) is 24.8 Å². The molecule has 0 unspecified atom stereocenters. The van der Waals surface area contributed by atoms with Crippen LogP contribution in [0.1, 0.15) is 51.5 Å². The van der Waals surface area contributed by atoms with Crippen LogP contribution in [0.25, 0.3) is 0 Å². The summed E-state index contributed by atoms with van der Waals surface area (Å²) in [5.74, 6) is -0.199. The number of hydrogen-bond donors (Lipinski definition) is 0. The molecule has 0 aromatic heterocycles. The maximum absolute atomic E-state index is 12.0. The zero-order valence-electron chi connectivity index (χ0n) is 15.0. The van der Waals surface area contributed by atoms with E-state index in [1.807, 2.05) is 6.92 Å². The lowest BCUT2D eigenvalue weighted by Gasteiger charge is -2.23. The highest BCUT2D eigenvalue weighted by Gasteiger charge is 2.19. The van der Waals surface area contributed by atoms with Crippen LogP contribution >= 0.6 is 0 Å². The molecule has 6 heteroatoms. The predicted octanol–water partition coefficient (Wildman–Crippen LogP) is 3.85. The van der Waals surface area contributed by atoms with Crippen LogP contribution in [-0.2, 0) is 23.8 Å². The fourth-order valence-corrected chi connectivity index (χ4v) is 3.26. The summed E-state index contributed by atoms with van der Waals surface area (Å²) in [6.07, 6.45) is 3.56. The van der Waals surface area contributed by atoms with Crippen molar-refractivity contribution in [2.75, 3.05) is 13.7 Å². The van der Waals surface area contributed by atoms with Crippen molar-refractivity contribution in [1.82, 2.24) is 0 Å². The molecule has 24 heavy (non-hydrogen) atoms. The van der Waals surface area contributed by atoms with Crippen LogP contribution in [0.15, 0.2) is 29.2 Å². The third-order valence-corrected chi connectivity index (χ3v) is 5.36. The Hall–Kier alpha value is -1.40. The fraction of sp³-hybridized carbons (Fsp3) is 0.611. The van der Waals surface area contributed by atoms with Gasteiger partial charge in [-0.15, -0.1) is 0 Å². The molecule has 0 aliphatic carbocycles. The number of methoxy groups -OCH3 is 1. The highest BCUT2D eigenvalue weighted by molar-refractivity contribution is 7.86. The van der Waals surface area contributed by atoms with Crippen LogP contribution in [0.4, 0.5) is 0 Å². The standard InChI is InChI=1S/C18H28O5S/c1-15-7-9-16(10-8-15)24(20,21)23-14-6-5-12-18(2,3)13-11-17(19)22-4/h7-10H,5-6,11-14H2,1-4H3. The van der Waals surface area contributed by atoms with Gasteiger partial charge in [0, 0.05) is 6.42 Å². The molecule has 0 bridgehead atoms. The van der Waals surface area contributed by atoms with E-state index in [2.05, 4.69) is 18.6 Å². The lowest BCUT2D eigenvalue weighted by molar-refractivity contribution is -0.141. The first-order chi connectivity index (χ1) is 11.2. The molecule has 0 fully saturated rings. The van der Waals surface area contributed by atoms with E-state index in [0.29, 0.717) is 12.8 Å². The molecule has 0 heterocycles. The molecule has 0 spiro atoms. The van der Waals surface area contributed by atoms with E-state index >= 15 is 0 Å². The van der Waals surface area contributed by atoms with Crippen LogP contribution in [0.2, 0.25) is 0 Å². The number of rotatable bonds is 10. The number of benzene rings is 1. The van der Waals surface area contributed by atoms with Crippen molar-refractivity contribution in [2.45, 2.75) is 57.8 Å².